The van der Waals surface area contributed by atoms with Gasteiger partial charge in [-0.3, -0.25) is 4.79 Å². The molecule has 2 N–H and O–H groups in total. The van der Waals surface area contributed by atoms with Crippen LogP contribution in [0.2, 0.25) is 0 Å². The number of halogens is 3. The van der Waals surface area contributed by atoms with Gasteiger partial charge in [-0.1, -0.05) is 36.4 Å². The van der Waals surface area contributed by atoms with Crippen molar-refractivity contribution in [1.29, 1.82) is 0 Å². The van der Waals surface area contributed by atoms with Crippen LogP contribution in [-0.2, 0) is 12.8 Å². The van der Waals surface area contributed by atoms with E-state index in [1.54, 1.807) is 0 Å². The van der Waals surface area contributed by atoms with Crippen molar-refractivity contribution in [3.8, 4) is 0 Å². The predicted octanol–water partition coefficient (Wildman–Crippen LogP) is 3.57. The van der Waals surface area contributed by atoms with E-state index < -0.39 is 24.7 Å². The summed E-state index contributed by atoms with van der Waals surface area (Å²) < 4.78 is 36.7. The van der Waals surface area contributed by atoms with E-state index in [4.69, 9.17) is 0 Å². The minimum Gasteiger partial charge on any atom is -0.390 e. The summed E-state index contributed by atoms with van der Waals surface area (Å²) in [5.41, 5.74) is 2.78. The van der Waals surface area contributed by atoms with Gasteiger partial charge in [-0.2, -0.15) is 13.2 Å². The molecule has 25 heavy (non-hydrogen) atoms. The molecule has 0 saturated heterocycles. The Bertz CT molecular complexity index is 756. The number of carbonyl (C=O) groups is 1. The highest BCUT2D eigenvalue weighted by atomic mass is 19.4. The summed E-state index contributed by atoms with van der Waals surface area (Å²) in [6.45, 7) is 0. The first-order chi connectivity index (χ1) is 11.8. The largest absolute Gasteiger partial charge is 0.390 e. The molecule has 3 nitrogen and oxygen atoms in total. The Kier molecular flexibility index (Phi) is 4.81. The minimum absolute atomic E-state index is 0.111. The number of fused-ring (bicyclic) bond motifs is 1. The summed E-state index contributed by atoms with van der Waals surface area (Å²) in [5, 5.41) is 13.0. The molecule has 0 aromatic heterocycles. The fourth-order valence-corrected chi connectivity index (χ4v) is 3.08. The summed E-state index contributed by atoms with van der Waals surface area (Å²) in [7, 11) is 0. The first-order valence-corrected chi connectivity index (χ1v) is 8.06. The third kappa shape index (κ3) is 4.20. The molecule has 0 saturated carbocycles. The average Bonchev–Trinajstić information content (AvgIpc) is 2.88. The zero-order chi connectivity index (χ0) is 18.0. The van der Waals surface area contributed by atoms with Gasteiger partial charge in [-0.25, -0.2) is 0 Å². The molecule has 0 bridgehead atoms. The SMILES string of the molecule is O=C(NC1c2ccccc2CC1O)c1ccc(CCC(F)(F)F)cc1. The number of hydrogen-bond donors (Lipinski definition) is 2. The number of amides is 1. The molecule has 0 aliphatic heterocycles. The van der Waals surface area contributed by atoms with Crippen LogP contribution in [0, 0.1) is 0 Å². The lowest BCUT2D eigenvalue weighted by Gasteiger charge is -2.18. The second-order valence-electron chi connectivity index (χ2n) is 6.23. The summed E-state index contributed by atoms with van der Waals surface area (Å²) in [6.07, 6.45) is -5.39. The van der Waals surface area contributed by atoms with Crippen molar-refractivity contribution in [3.63, 3.8) is 0 Å². The number of aryl methyl sites for hydroxylation is 1. The van der Waals surface area contributed by atoms with Crippen LogP contribution in [0.4, 0.5) is 13.2 Å². The number of aliphatic hydroxyl groups excluding tert-OH is 1. The monoisotopic (exact) mass is 349 g/mol. The molecule has 6 heteroatoms. The van der Waals surface area contributed by atoms with Gasteiger partial charge in [-0.05, 0) is 35.2 Å². The van der Waals surface area contributed by atoms with Crippen molar-refractivity contribution < 1.29 is 23.1 Å². The maximum absolute atomic E-state index is 12.4. The molecule has 1 amide bonds. The van der Waals surface area contributed by atoms with E-state index in [0.29, 0.717) is 17.5 Å². The van der Waals surface area contributed by atoms with Crippen LogP contribution in [0.3, 0.4) is 0 Å². The number of benzene rings is 2. The molecule has 0 radical (unpaired) electrons. The topological polar surface area (TPSA) is 49.3 Å². The van der Waals surface area contributed by atoms with Crippen LogP contribution in [0.25, 0.3) is 0 Å². The molecule has 0 fully saturated rings. The van der Waals surface area contributed by atoms with E-state index >= 15 is 0 Å². The van der Waals surface area contributed by atoms with E-state index in [1.807, 2.05) is 24.3 Å². The molecule has 0 spiro atoms. The Morgan fingerprint density at radius 1 is 1.12 bits per heavy atom. The van der Waals surface area contributed by atoms with Crippen molar-refractivity contribution in [2.75, 3.05) is 0 Å². The normalized spacial score (nSPS) is 19.5. The highest BCUT2D eigenvalue weighted by Crippen LogP contribution is 2.31. The Labute approximate surface area is 143 Å². The number of rotatable bonds is 4. The van der Waals surface area contributed by atoms with Gasteiger partial charge in [0.2, 0.25) is 0 Å². The van der Waals surface area contributed by atoms with Gasteiger partial charge in [0.15, 0.2) is 0 Å². The molecular formula is C19H18F3NO2. The summed E-state index contributed by atoms with van der Waals surface area (Å²) >= 11 is 0. The van der Waals surface area contributed by atoms with Crippen molar-refractivity contribution in [1.82, 2.24) is 5.32 Å². The van der Waals surface area contributed by atoms with Gasteiger partial charge in [0, 0.05) is 18.4 Å². The van der Waals surface area contributed by atoms with E-state index in [-0.39, 0.29) is 12.3 Å². The number of carbonyl (C=O) groups excluding carboxylic acids is 1. The Morgan fingerprint density at radius 3 is 2.48 bits per heavy atom. The molecule has 1 aliphatic carbocycles. The highest BCUT2D eigenvalue weighted by molar-refractivity contribution is 5.94. The molecule has 1 aliphatic rings. The van der Waals surface area contributed by atoms with Crippen LogP contribution in [0.5, 0.6) is 0 Å². The van der Waals surface area contributed by atoms with E-state index in [0.717, 1.165) is 11.1 Å². The van der Waals surface area contributed by atoms with Crippen molar-refractivity contribution in [3.05, 3.63) is 70.8 Å². The van der Waals surface area contributed by atoms with Crippen LogP contribution in [-0.4, -0.2) is 23.3 Å². The summed E-state index contributed by atoms with van der Waals surface area (Å²) in [5.74, 6) is -0.358. The predicted molar refractivity (Wildman–Crippen MR) is 87.2 cm³/mol. The number of nitrogens with one attached hydrogen (secondary N) is 1. The maximum atomic E-state index is 12.4. The van der Waals surface area contributed by atoms with Crippen molar-refractivity contribution in [2.24, 2.45) is 0 Å². The lowest BCUT2D eigenvalue weighted by atomic mass is 10.0. The average molecular weight is 349 g/mol. The molecule has 0 heterocycles. The third-order valence-corrected chi connectivity index (χ3v) is 4.40. The number of alkyl halides is 3. The van der Waals surface area contributed by atoms with Gasteiger partial charge >= 0.3 is 6.18 Å². The van der Waals surface area contributed by atoms with Crippen LogP contribution >= 0.6 is 0 Å². The van der Waals surface area contributed by atoms with E-state index in [2.05, 4.69) is 5.32 Å². The molecule has 2 aromatic carbocycles. The second kappa shape index (κ2) is 6.88. The summed E-state index contributed by atoms with van der Waals surface area (Å²) in [4.78, 5) is 12.4. The van der Waals surface area contributed by atoms with Gasteiger partial charge in [0.25, 0.3) is 5.91 Å². The van der Waals surface area contributed by atoms with Crippen LogP contribution in [0.1, 0.15) is 39.5 Å². The molecule has 2 atom stereocenters. The standard InChI is InChI=1S/C19H18F3NO2/c20-19(21,22)10-9-12-5-7-13(8-6-12)18(25)23-17-15-4-2-1-3-14(15)11-16(17)24/h1-8,16-17,24H,9-11H2,(H,23,25). The maximum Gasteiger partial charge on any atom is 0.389 e. The summed E-state index contributed by atoms with van der Waals surface area (Å²) in [6, 6.07) is 13.1. The Morgan fingerprint density at radius 2 is 1.80 bits per heavy atom. The fraction of sp³-hybridized carbons (Fsp3) is 0.316. The first kappa shape index (κ1) is 17.5. The molecule has 2 aromatic rings. The number of hydrogen-bond acceptors (Lipinski definition) is 2. The van der Waals surface area contributed by atoms with Gasteiger partial charge < -0.3 is 10.4 Å². The fourth-order valence-electron chi connectivity index (χ4n) is 3.08. The minimum atomic E-state index is -4.19. The zero-order valence-electron chi connectivity index (χ0n) is 13.4. The van der Waals surface area contributed by atoms with E-state index in [9.17, 15) is 23.1 Å². The first-order valence-electron chi connectivity index (χ1n) is 8.06. The quantitative estimate of drug-likeness (QED) is 0.887. The molecule has 2 unspecified atom stereocenters. The van der Waals surface area contributed by atoms with Crippen molar-refractivity contribution >= 4 is 5.91 Å². The van der Waals surface area contributed by atoms with Gasteiger partial charge in [0.1, 0.15) is 0 Å². The number of aliphatic hydroxyl groups is 1. The molecule has 132 valence electrons. The smallest absolute Gasteiger partial charge is 0.389 e. The Hall–Kier alpha value is -2.34. The van der Waals surface area contributed by atoms with E-state index in [1.165, 1.54) is 24.3 Å². The van der Waals surface area contributed by atoms with Crippen LogP contribution in [0.15, 0.2) is 48.5 Å². The second-order valence-corrected chi connectivity index (χ2v) is 6.23. The van der Waals surface area contributed by atoms with Gasteiger partial charge in [-0.15, -0.1) is 0 Å². The molecule has 3 rings (SSSR count). The van der Waals surface area contributed by atoms with Crippen LogP contribution < -0.4 is 5.32 Å². The van der Waals surface area contributed by atoms with Gasteiger partial charge in [0.05, 0.1) is 12.1 Å². The molecular weight excluding hydrogens is 331 g/mol. The van der Waals surface area contributed by atoms with Crippen molar-refractivity contribution in [2.45, 2.75) is 37.6 Å². The highest BCUT2D eigenvalue weighted by Gasteiger charge is 2.32. The zero-order valence-corrected chi connectivity index (χ0v) is 13.4. The lowest BCUT2D eigenvalue weighted by molar-refractivity contribution is -0.134. The third-order valence-electron chi connectivity index (χ3n) is 4.40. The Balaban J connectivity index is 1.66. The lowest BCUT2D eigenvalue weighted by Crippen LogP contribution is -2.33.